The van der Waals surface area contributed by atoms with Crippen LogP contribution in [0.1, 0.15) is 23.0 Å². The molecule has 1 aromatic carbocycles. The molecule has 2 aromatic rings. The predicted molar refractivity (Wildman–Crippen MR) is 83.4 cm³/mol. The maximum absolute atomic E-state index is 12.3. The number of hydrogen-bond acceptors (Lipinski definition) is 4. The number of halogens is 1. The van der Waals surface area contributed by atoms with Crippen LogP contribution in [0.3, 0.4) is 0 Å². The van der Waals surface area contributed by atoms with Gasteiger partial charge in [0, 0.05) is 25.2 Å². The monoisotopic (exact) mass is 304 g/mol. The van der Waals surface area contributed by atoms with Gasteiger partial charge in [-0.15, -0.1) is 0 Å². The molecule has 0 aliphatic rings. The number of anilines is 1. The lowest BCUT2D eigenvalue weighted by Crippen LogP contribution is -2.27. The molecule has 0 atom stereocenters. The average molecular weight is 305 g/mol. The van der Waals surface area contributed by atoms with E-state index in [4.69, 9.17) is 11.6 Å². The largest absolute Gasteiger partial charge is 0.369 e. The van der Waals surface area contributed by atoms with Gasteiger partial charge in [-0.25, -0.2) is 9.97 Å². The topological polar surface area (TPSA) is 58.1 Å². The Morgan fingerprint density at radius 1 is 1.33 bits per heavy atom. The van der Waals surface area contributed by atoms with Gasteiger partial charge in [0.05, 0.1) is 12.4 Å². The third-order valence-corrected chi connectivity index (χ3v) is 3.12. The Morgan fingerprint density at radius 3 is 2.76 bits per heavy atom. The number of nitrogens with zero attached hydrogens (tertiary/aromatic N) is 3. The SMILES string of the molecule is CCNc1cnc(C(=O)N(C)Cc2cccc(Cl)c2)cn1. The van der Waals surface area contributed by atoms with E-state index in [0.29, 0.717) is 23.1 Å². The first-order valence-electron chi connectivity index (χ1n) is 6.66. The maximum Gasteiger partial charge on any atom is 0.274 e. The summed E-state index contributed by atoms with van der Waals surface area (Å²) in [5.74, 6) is 0.483. The molecule has 0 saturated heterocycles. The van der Waals surface area contributed by atoms with Gasteiger partial charge in [0.15, 0.2) is 0 Å². The highest BCUT2D eigenvalue weighted by Gasteiger charge is 2.14. The van der Waals surface area contributed by atoms with Gasteiger partial charge in [0.25, 0.3) is 5.91 Å². The molecule has 0 saturated carbocycles. The third-order valence-electron chi connectivity index (χ3n) is 2.88. The molecule has 1 aromatic heterocycles. The van der Waals surface area contributed by atoms with Gasteiger partial charge in [0.2, 0.25) is 0 Å². The lowest BCUT2D eigenvalue weighted by Gasteiger charge is -2.17. The number of nitrogens with one attached hydrogen (secondary N) is 1. The lowest BCUT2D eigenvalue weighted by molar-refractivity contribution is 0.0779. The van der Waals surface area contributed by atoms with Crippen LogP contribution in [0.5, 0.6) is 0 Å². The summed E-state index contributed by atoms with van der Waals surface area (Å²) in [6.07, 6.45) is 3.04. The zero-order valence-electron chi connectivity index (χ0n) is 12.0. The number of carbonyl (C=O) groups excluding carboxylic acids is 1. The summed E-state index contributed by atoms with van der Waals surface area (Å²) in [6, 6.07) is 7.43. The quantitative estimate of drug-likeness (QED) is 0.923. The first kappa shape index (κ1) is 15.3. The summed E-state index contributed by atoms with van der Waals surface area (Å²) in [6.45, 7) is 3.20. The molecule has 0 unspecified atom stereocenters. The number of aromatic nitrogens is 2. The first-order chi connectivity index (χ1) is 10.1. The molecule has 21 heavy (non-hydrogen) atoms. The van der Waals surface area contributed by atoms with Crippen LogP contribution in [0, 0.1) is 0 Å². The van der Waals surface area contributed by atoms with E-state index in [9.17, 15) is 4.79 Å². The molecule has 2 rings (SSSR count). The van der Waals surface area contributed by atoms with Crippen LogP contribution in [0.15, 0.2) is 36.7 Å². The van der Waals surface area contributed by atoms with Crippen molar-refractivity contribution in [2.45, 2.75) is 13.5 Å². The second-order valence-electron chi connectivity index (χ2n) is 4.61. The van der Waals surface area contributed by atoms with Crippen LogP contribution in [0.4, 0.5) is 5.82 Å². The Hall–Kier alpha value is -2.14. The summed E-state index contributed by atoms with van der Waals surface area (Å²) >= 11 is 5.94. The van der Waals surface area contributed by atoms with Crippen LogP contribution in [-0.2, 0) is 6.54 Å². The Labute approximate surface area is 129 Å². The van der Waals surface area contributed by atoms with Crippen molar-refractivity contribution >= 4 is 23.3 Å². The van der Waals surface area contributed by atoms with Crippen molar-refractivity contribution in [3.63, 3.8) is 0 Å². The molecule has 0 fully saturated rings. The first-order valence-corrected chi connectivity index (χ1v) is 7.03. The fourth-order valence-electron chi connectivity index (χ4n) is 1.89. The highest BCUT2D eigenvalue weighted by molar-refractivity contribution is 6.30. The van der Waals surface area contributed by atoms with Gasteiger partial charge in [0.1, 0.15) is 11.5 Å². The van der Waals surface area contributed by atoms with E-state index >= 15 is 0 Å². The molecule has 0 aliphatic heterocycles. The van der Waals surface area contributed by atoms with Crippen molar-refractivity contribution in [2.24, 2.45) is 0 Å². The number of amides is 1. The second-order valence-corrected chi connectivity index (χ2v) is 5.04. The van der Waals surface area contributed by atoms with Gasteiger partial charge in [-0.2, -0.15) is 0 Å². The van der Waals surface area contributed by atoms with Crippen molar-refractivity contribution in [1.29, 1.82) is 0 Å². The number of rotatable bonds is 5. The number of benzene rings is 1. The Morgan fingerprint density at radius 2 is 2.14 bits per heavy atom. The van der Waals surface area contributed by atoms with Gasteiger partial charge < -0.3 is 10.2 Å². The summed E-state index contributed by atoms with van der Waals surface area (Å²) in [5, 5.41) is 3.69. The fraction of sp³-hybridized carbons (Fsp3) is 0.267. The molecule has 6 heteroatoms. The minimum atomic E-state index is -0.175. The van der Waals surface area contributed by atoms with Gasteiger partial charge in [-0.3, -0.25) is 4.79 Å². The van der Waals surface area contributed by atoms with Crippen LogP contribution in [0.25, 0.3) is 0 Å². The molecular weight excluding hydrogens is 288 g/mol. The highest BCUT2D eigenvalue weighted by Crippen LogP contribution is 2.13. The summed E-state index contributed by atoms with van der Waals surface area (Å²) in [7, 11) is 1.73. The molecule has 1 amide bonds. The summed E-state index contributed by atoms with van der Waals surface area (Å²) < 4.78 is 0. The zero-order chi connectivity index (χ0) is 15.2. The maximum atomic E-state index is 12.3. The van der Waals surface area contributed by atoms with E-state index in [1.54, 1.807) is 24.2 Å². The summed E-state index contributed by atoms with van der Waals surface area (Å²) in [4.78, 5) is 22.1. The molecule has 0 radical (unpaired) electrons. The van der Waals surface area contributed by atoms with Crippen molar-refractivity contribution in [1.82, 2.24) is 14.9 Å². The fourth-order valence-corrected chi connectivity index (χ4v) is 2.10. The average Bonchev–Trinajstić information content (AvgIpc) is 2.47. The van der Waals surface area contributed by atoms with E-state index in [1.807, 2.05) is 25.1 Å². The molecule has 0 bridgehead atoms. The van der Waals surface area contributed by atoms with Crippen molar-refractivity contribution in [2.75, 3.05) is 18.9 Å². The molecular formula is C15H17ClN4O. The minimum Gasteiger partial charge on any atom is -0.369 e. The van der Waals surface area contributed by atoms with E-state index in [-0.39, 0.29) is 5.91 Å². The van der Waals surface area contributed by atoms with Crippen molar-refractivity contribution in [3.05, 3.63) is 52.9 Å². The van der Waals surface area contributed by atoms with Gasteiger partial charge >= 0.3 is 0 Å². The second kappa shape index (κ2) is 7.04. The van der Waals surface area contributed by atoms with Crippen LogP contribution in [0.2, 0.25) is 5.02 Å². The van der Waals surface area contributed by atoms with Gasteiger partial charge in [-0.05, 0) is 24.6 Å². The Kier molecular flexibility index (Phi) is 5.11. The predicted octanol–water partition coefficient (Wildman–Crippen LogP) is 2.83. The standard InChI is InChI=1S/C15H17ClN4O/c1-3-17-14-9-18-13(8-19-14)15(21)20(2)10-11-5-4-6-12(16)7-11/h4-9H,3,10H2,1-2H3,(H,17,19). The molecule has 0 spiro atoms. The molecule has 1 N–H and O–H groups in total. The minimum absolute atomic E-state index is 0.175. The zero-order valence-corrected chi connectivity index (χ0v) is 12.8. The van der Waals surface area contributed by atoms with Crippen molar-refractivity contribution < 1.29 is 4.79 Å². The smallest absolute Gasteiger partial charge is 0.274 e. The molecule has 1 heterocycles. The summed E-state index contributed by atoms with van der Waals surface area (Å²) in [5.41, 5.74) is 1.29. The van der Waals surface area contributed by atoms with Crippen LogP contribution >= 0.6 is 11.6 Å². The molecule has 0 aliphatic carbocycles. The lowest BCUT2D eigenvalue weighted by atomic mass is 10.2. The van der Waals surface area contributed by atoms with Crippen molar-refractivity contribution in [3.8, 4) is 0 Å². The highest BCUT2D eigenvalue weighted by atomic mass is 35.5. The Bertz CT molecular complexity index is 615. The Balaban J connectivity index is 2.04. The van der Waals surface area contributed by atoms with E-state index in [2.05, 4.69) is 15.3 Å². The van der Waals surface area contributed by atoms with E-state index in [0.717, 1.165) is 12.1 Å². The van der Waals surface area contributed by atoms with Crippen LogP contribution < -0.4 is 5.32 Å². The normalized spacial score (nSPS) is 10.2. The molecule has 5 nitrogen and oxygen atoms in total. The van der Waals surface area contributed by atoms with Crippen LogP contribution in [-0.4, -0.2) is 34.4 Å². The number of hydrogen-bond donors (Lipinski definition) is 1. The molecule has 110 valence electrons. The van der Waals surface area contributed by atoms with E-state index in [1.165, 1.54) is 6.20 Å². The number of carbonyl (C=O) groups is 1. The van der Waals surface area contributed by atoms with Gasteiger partial charge in [-0.1, -0.05) is 23.7 Å². The van der Waals surface area contributed by atoms with E-state index < -0.39 is 0 Å². The third kappa shape index (κ3) is 4.16.